The molecule has 0 amide bonds. The largest absolute Gasteiger partial charge is 0.442 e. The van der Waals surface area contributed by atoms with Crippen LogP contribution in [0.3, 0.4) is 0 Å². The lowest BCUT2D eigenvalue weighted by atomic mass is 9.71. The fourth-order valence-corrected chi connectivity index (χ4v) is 5.43. The topological polar surface area (TPSA) is 81.4 Å². The lowest BCUT2D eigenvalue weighted by Gasteiger charge is -2.37. The van der Waals surface area contributed by atoms with Crippen molar-refractivity contribution in [1.82, 2.24) is 19.6 Å². The Kier molecular flexibility index (Phi) is 4.19. The smallest absolute Gasteiger partial charge is 0.247 e. The van der Waals surface area contributed by atoms with E-state index in [0.29, 0.717) is 30.3 Å². The molecule has 1 aromatic carbocycles. The standard InChI is InChI=1S/C24H21N5O2S/c1-24(2)11-15(30)18-16(12-24)31-22-20(19(18)17-9-6-10-32-17)21-27-23(28-29(21)13-25-22)26-14-7-4-3-5-8-14/h3-10,13,19H,11-12H2,1-2H3,(H,26,28). The van der Waals surface area contributed by atoms with E-state index in [0.717, 1.165) is 27.5 Å². The molecule has 0 spiro atoms. The first kappa shape index (κ1) is 19.2. The Balaban J connectivity index is 1.53. The number of carbonyl (C=O) groups excluding carboxylic acids is 1. The van der Waals surface area contributed by atoms with Crippen LogP contribution in [0, 0.1) is 5.41 Å². The molecule has 0 saturated heterocycles. The third-order valence-corrected chi connectivity index (χ3v) is 6.86. The molecule has 0 fully saturated rings. The summed E-state index contributed by atoms with van der Waals surface area (Å²) in [6.45, 7) is 4.20. The van der Waals surface area contributed by atoms with Crippen molar-refractivity contribution in [3.05, 3.63) is 75.9 Å². The summed E-state index contributed by atoms with van der Waals surface area (Å²) in [6.07, 6.45) is 2.82. The molecule has 6 rings (SSSR count). The summed E-state index contributed by atoms with van der Waals surface area (Å²) in [7, 11) is 0. The van der Waals surface area contributed by atoms with Crippen LogP contribution in [0.1, 0.15) is 43.0 Å². The van der Waals surface area contributed by atoms with Gasteiger partial charge in [0.05, 0.1) is 11.5 Å². The fourth-order valence-electron chi connectivity index (χ4n) is 4.59. The lowest BCUT2D eigenvalue weighted by molar-refractivity contribution is -0.118. The van der Waals surface area contributed by atoms with Gasteiger partial charge in [-0.15, -0.1) is 16.4 Å². The average Bonchev–Trinajstić information content (AvgIpc) is 3.41. The number of fused-ring (bicyclic) bond motifs is 3. The molecule has 160 valence electrons. The van der Waals surface area contributed by atoms with Crippen molar-refractivity contribution in [3.63, 3.8) is 0 Å². The van der Waals surface area contributed by atoms with Crippen LogP contribution in [-0.4, -0.2) is 25.4 Å². The summed E-state index contributed by atoms with van der Waals surface area (Å²) in [6, 6.07) is 13.8. The van der Waals surface area contributed by atoms with E-state index in [4.69, 9.17) is 9.72 Å². The normalized spacial score (nSPS) is 19.4. The number of Topliss-reactive ketones (excluding diaryl/α,β-unsaturated/α-hetero) is 1. The number of allylic oxidation sites excluding steroid dienone is 2. The minimum Gasteiger partial charge on any atom is -0.442 e. The minimum atomic E-state index is -0.262. The number of ketones is 1. The summed E-state index contributed by atoms with van der Waals surface area (Å²) in [4.78, 5) is 23.7. The number of aromatic nitrogens is 4. The van der Waals surface area contributed by atoms with Gasteiger partial charge in [-0.3, -0.25) is 4.79 Å². The van der Waals surface area contributed by atoms with Crippen LogP contribution in [0.25, 0.3) is 5.65 Å². The van der Waals surface area contributed by atoms with Gasteiger partial charge in [-0.1, -0.05) is 38.1 Å². The zero-order chi connectivity index (χ0) is 21.9. The number of nitrogens with one attached hydrogen (secondary N) is 1. The summed E-state index contributed by atoms with van der Waals surface area (Å²) in [5, 5.41) is 9.82. The molecule has 3 aromatic heterocycles. The number of thiophene rings is 1. The predicted molar refractivity (Wildman–Crippen MR) is 122 cm³/mol. The molecule has 4 aromatic rings. The first-order chi connectivity index (χ1) is 15.5. The molecule has 4 heterocycles. The van der Waals surface area contributed by atoms with Gasteiger partial charge in [0.15, 0.2) is 11.4 Å². The molecule has 1 aliphatic carbocycles. The molecule has 8 heteroatoms. The Morgan fingerprint density at radius 1 is 1.16 bits per heavy atom. The zero-order valence-corrected chi connectivity index (χ0v) is 18.5. The molecular formula is C24H21N5O2S. The maximum absolute atomic E-state index is 13.3. The fraction of sp³-hybridized carbons (Fsp3) is 0.250. The third kappa shape index (κ3) is 3.10. The highest BCUT2D eigenvalue weighted by atomic mass is 32.1. The number of para-hydroxylation sites is 1. The van der Waals surface area contributed by atoms with E-state index < -0.39 is 0 Å². The highest BCUT2D eigenvalue weighted by Crippen LogP contribution is 2.51. The Hall–Kier alpha value is -3.52. The van der Waals surface area contributed by atoms with E-state index in [1.165, 1.54) is 0 Å². The quantitative estimate of drug-likeness (QED) is 0.475. The SMILES string of the molecule is CC1(C)CC(=O)C2=C(C1)Oc1ncn3nc(Nc4ccccc4)nc3c1C2c1cccs1. The highest BCUT2D eigenvalue weighted by Gasteiger charge is 2.44. The van der Waals surface area contributed by atoms with E-state index in [1.807, 2.05) is 41.8 Å². The third-order valence-electron chi connectivity index (χ3n) is 5.92. The first-order valence-electron chi connectivity index (χ1n) is 10.5. The molecule has 1 N–H and O–H groups in total. The molecule has 1 atom stereocenters. The number of hydrogen-bond donors (Lipinski definition) is 1. The van der Waals surface area contributed by atoms with Crippen molar-refractivity contribution in [2.75, 3.05) is 5.32 Å². The van der Waals surface area contributed by atoms with Gasteiger partial charge in [-0.2, -0.15) is 9.50 Å². The Labute approximate surface area is 188 Å². The summed E-state index contributed by atoms with van der Waals surface area (Å²) < 4.78 is 7.91. The minimum absolute atomic E-state index is 0.129. The van der Waals surface area contributed by atoms with Crippen molar-refractivity contribution in [3.8, 4) is 5.88 Å². The Morgan fingerprint density at radius 3 is 2.78 bits per heavy atom. The molecule has 7 nitrogen and oxygen atoms in total. The van der Waals surface area contributed by atoms with Crippen LogP contribution in [0.15, 0.2) is 65.5 Å². The van der Waals surface area contributed by atoms with E-state index in [-0.39, 0.29) is 17.1 Å². The summed E-state index contributed by atoms with van der Waals surface area (Å²) >= 11 is 1.63. The number of benzene rings is 1. The van der Waals surface area contributed by atoms with E-state index in [2.05, 4.69) is 35.3 Å². The summed E-state index contributed by atoms with van der Waals surface area (Å²) in [5.41, 5.74) is 2.91. The number of hydrogen-bond acceptors (Lipinski definition) is 7. The molecule has 0 radical (unpaired) electrons. The number of rotatable bonds is 3. The van der Waals surface area contributed by atoms with Gasteiger partial charge in [-0.25, -0.2) is 4.98 Å². The number of ether oxygens (including phenoxy) is 1. The van der Waals surface area contributed by atoms with Crippen molar-refractivity contribution in [1.29, 1.82) is 0 Å². The van der Waals surface area contributed by atoms with Crippen LogP contribution < -0.4 is 10.1 Å². The van der Waals surface area contributed by atoms with Gasteiger partial charge >= 0.3 is 0 Å². The second kappa shape index (κ2) is 7.00. The van der Waals surface area contributed by atoms with Crippen LogP contribution >= 0.6 is 11.3 Å². The van der Waals surface area contributed by atoms with Gasteiger partial charge < -0.3 is 10.1 Å². The first-order valence-corrected chi connectivity index (χ1v) is 11.4. The van der Waals surface area contributed by atoms with Crippen LogP contribution in [0.5, 0.6) is 5.88 Å². The van der Waals surface area contributed by atoms with E-state index in [1.54, 1.807) is 22.2 Å². The summed E-state index contributed by atoms with van der Waals surface area (Å²) in [5.74, 6) is 1.56. The second-order valence-corrected chi connectivity index (χ2v) is 9.97. The molecule has 32 heavy (non-hydrogen) atoms. The average molecular weight is 444 g/mol. The molecule has 1 aliphatic heterocycles. The number of carbonyl (C=O) groups is 1. The maximum Gasteiger partial charge on any atom is 0.247 e. The Morgan fingerprint density at radius 2 is 2.00 bits per heavy atom. The van der Waals surface area contributed by atoms with Gasteiger partial charge in [-0.05, 0) is 29.0 Å². The van der Waals surface area contributed by atoms with Gasteiger partial charge in [0.1, 0.15) is 12.1 Å². The van der Waals surface area contributed by atoms with Crippen molar-refractivity contribution in [2.24, 2.45) is 5.41 Å². The van der Waals surface area contributed by atoms with Gasteiger partial charge in [0.2, 0.25) is 11.8 Å². The van der Waals surface area contributed by atoms with Crippen LogP contribution in [0.2, 0.25) is 0 Å². The molecule has 2 aliphatic rings. The monoisotopic (exact) mass is 443 g/mol. The molecule has 0 saturated carbocycles. The van der Waals surface area contributed by atoms with E-state index >= 15 is 0 Å². The number of nitrogens with zero attached hydrogens (tertiary/aromatic N) is 4. The second-order valence-electron chi connectivity index (χ2n) is 8.99. The van der Waals surface area contributed by atoms with Gasteiger partial charge in [0, 0.05) is 29.0 Å². The molecule has 0 bridgehead atoms. The number of anilines is 2. The van der Waals surface area contributed by atoms with Crippen LogP contribution in [0.4, 0.5) is 11.6 Å². The van der Waals surface area contributed by atoms with E-state index in [9.17, 15) is 4.79 Å². The predicted octanol–water partition coefficient (Wildman–Crippen LogP) is 5.10. The van der Waals surface area contributed by atoms with Crippen molar-refractivity contribution < 1.29 is 9.53 Å². The van der Waals surface area contributed by atoms with Gasteiger partial charge in [0.25, 0.3) is 0 Å². The highest BCUT2D eigenvalue weighted by molar-refractivity contribution is 7.10. The van der Waals surface area contributed by atoms with Crippen molar-refractivity contribution in [2.45, 2.75) is 32.6 Å². The zero-order valence-electron chi connectivity index (χ0n) is 17.7. The Bertz CT molecular complexity index is 1370. The molecule has 1 unspecified atom stereocenters. The van der Waals surface area contributed by atoms with Crippen molar-refractivity contribution >= 4 is 34.4 Å². The molecular weight excluding hydrogens is 422 g/mol. The lowest BCUT2D eigenvalue weighted by Crippen LogP contribution is -2.33. The maximum atomic E-state index is 13.3. The van der Waals surface area contributed by atoms with Crippen LogP contribution in [-0.2, 0) is 4.79 Å².